The Hall–Kier alpha value is -3.74. The first-order valence-electron chi connectivity index (χ1n) is 9.03. The molecule has 2 aromatic heterocycles. The van der Waals surface area contributed by atoms with Crippen LogP contribution in [0.3, 0.4) is 0 Å². The van der Waals surface area contributed by atoms with Gasteiger partial charge in [-0.15, -0.1) is 0 Å². The minimum absolute atomic E-state index is 0.108. The summed E-state index contributed by atoms with van der Waals surface area (Å²) >= 11 is 0. The second-order valence-corrected chi connectivity index (χ2v) is 6.84. The molecule has 0 aliphatic heterocycles. The molecule has 1 N–H and O–H groups in total. The van der Waals surface area contributed by atoms with Crippen molar-refractivity contribution in [2.24, 2.45) is 0 Å². The van der Waals surface area contributed by atoms with Crippen LogP contribution in [0.1, 0.15) is 27.2 Å². The van der Waals surface area contributed by atoms with Crippen LogP contribution in [0, 0.1) is 19.7 Å². The minimum Gasteiger partial charge on any atom is -0.442 e. The number of aryl methyl sites for hydroxylation is 2. The standard InChI is InChI=1S/C22H18FN3O3/c1-13-3-9-17(10-4-13)25-20(27)18-14(2)29-21-19(18)22(28)26(12-24-21)11-15-5-7-16(23)8-6-15/h3-10,12H,11H2,1-2H3,(H,25,27). The Morgan fingerprint density at radius 2 is 1.79 bits per heavy atom. The first-order chi connectivity index (χ1) is 13.9. The van der Waals surface area contributed by atoms with Gasteiger partial charge in [0.15, 0.2) is 0 Å². The molecule has 4 rings (SSSR count). The first kappa shape index (κ1) is 18.6. The van der Waals surface area contributed by atoms with Gasteiger partial charge in [-0.1, -0.05) is 29.8 Å². The molecular weight excluding hydrogens is 373 g/mol. The van der Waals surface area contributed by atoms with Crippen LogP contribution in [0.4, 0.5) is 10.1 Å². The van der Waals surface area contributed by atoms with Crippen molar-refractivity contribution in [3.63, 3.8) is 0 Å². The van der Waals surface area contributed by atoms with Crippen LogP contribution >= 0.6 is 0 Å². The molecule has 6 nitrogen and oxygen atoms in total. The number of rotatable bonds is 4. The largest absolute Gasteiger partial charge is 0.442 e. The lowest BCUT2D eigenvalue weighted by Gasteiger charge is -2.07. The average Bonchev–Trinajstić information content (AvgIpc) is 3.04. The second kappa shape index (κ2) is 7.35. The molecule has 0 aliphatic carbocycles. The lowest BCUT2D eigenvalue weighted by molar-refractivity contribution is 0.102. The highest BCUT2D eigenvalue weighted by Crippen LogP contribution is 2.22. The molecule has 29 heavy (non-hydrogen) atoms. The van der Waals surface area contributed by atoms with E-state index >= 15 is 0 Å². The molecule has 0 fully saturated rings. The molecule has 1 amide bonds. The topological polar surface area (TPSA) is 77.1 Å². The zero-order valence-electron chi connectivity index (χ0n) is 15.9. The number of amides is 1. The second-order valence-electron chi connectivity index (χ2n) is 6.84. The fourth-order valence-corrected chi connectivity index (χ4v) is 3.14. The SMILES string of the molecule is Cc1ccc(NC(=O)c2c(C)oc3ncn(Cc4ccc(F)cc4)c(=O)c23)cc1. The number of furan rings is 1. The number of benzene rings is 2. The van der Waals surface area contributed by atoms with Gasteiger partial charge >= 0.3 is 0 Å². The number of aromatic nitrogens is 2. The zero-order chi connectivity index (χ0) is 20.5. The third kappa shape index (κ3) is 3.67. The summed E-state index contributed by atoms with van der Waals surface area (Å²) in [7, 11) is 0. The number of carbonyl (C=O) groups excluding carboxylic acids is 1. The lowest BCUT2D eigenvalue weighted by atomic mass is 10.1. The van der Waals surface area contributed by atoms with Crippen LogP contribution in [0.2, 0.25) is 0 Å². The van der Waals surface area contributed by atoms with Crippen molar-refractivity contribution in [1.29, 1.82) is 0 Å². The fourth-order valence-electron chi connectivity index (χ4n) is 3.14. The van der Waals surface area contributed by atoms with E-state index < -0.39 is 11.5 Å². The van der Waals surface area contributed by atoms with Crippen molar-refractivity contribution >= 4 is 22.7 Å². The van der Waals surface area contributed by atoms with Crippen LogP contribution in [0.15, 0.2) is 64.1 Å². The molecular formula is C22H18FN3O3. The minimum atomic E-state index is -0.441. The Balaban J connectivity index is 1.73. The third-order valence-corrected chi connectivity index (χ3v) is 4.66. The summed E-state index contributed by atoms with van der Waals surface area (Å²) in [4.78, 5) is 30.1. The smallest absolute Gasteiger partial charge is 0.265 e. The summed E-state index contributed by atoms with van der Waals surface area (Å²) in [5.74, 6) is -0.479. The van der Waals surface area contributed by atoms with Gasteiger partial charge in [-0.25, -0.2) is 9.37 Å². The number of carbonyl (C=O) groups is 1. The van der Waals surface area contributed by atoms with Gasteiger partial charge in [0.25, 0.3) is 11.5 Å². The van der Waals surface area contributed by atoms with E-state index in [4.69, 9.17) is 4.42 Å². The summed E-state index contributed by atoms with van der Waals surface area (Å²) < 4.78 is 20.0. The summed E-state index contributed by atoms with van der Waals surface area (Å²) in [5.41, 5.74) is 2.29. The summed E-state index contributed by atoms with van der Waals surface area (Å²) in [5, 5.41) is 2.91. The highest BCUT2D eigenvalue weighted by molar-refractivity contribution is 6.12. The Morgan fingerprint density at radius 3 is 2.48 bits per heavy atom. The van der Waals surface area contributed by atoms with Gasteiger partial charge in [0.2, 0.25) is 5.71 Å². The van der Waals surface area contributed by atoms with E-state index in [1.807, 2.05) is 19.1 Å². The van der Waals surface area contributed by atoms with Crippen molar-refractivity contribution in [2.75, 3.05) is 5.32 Å². The van der Waals surface area contributed by atoms with Crippen molar-refractivity contribution in [3.05, 3.63) is 93.5 Å². The van der Waals surface area contributed by atoms with E-state index in [-0.39, 0.29) is 29.0 Å². The molecule has 7 heteroatoms. The van der Waals surface area contributed by atoms with Crippen molar-refractivity contribution in [1.82, 2.24) is 9.55 Å². The molecule has 2 heterocycles. The number of nitrogens with one attached hydrogen (secondary N) is 1. The van der Waals surface area contributed by atoms with E-state index in [1.165, 1.54) is 23.0 Å². The molecule has 0 radical (unpaired) electrons. The van der Waals surface area contributed by atoms with Gasteiger partial charge in [-0.2, -0.15) is 0 Å². The normalized spacial score (nSPS) is 11.0. The van der Waals surface area contributed by atoms with Crippen LogP contribution in [-0.2, 0) is 6.54 Å². The third-order valence-electron chi connectivity index (χ3n) is 4.66. The zero-order valence-corrected chi connectivity index (χ0v) is 15.9. The molecule has 146 valence electrons. The molecule has 0 unspecified atom stereocenters. The van der Waals surface area contributed by atoms with Gasteiger partial charge in [0.1, 0.15) is 23.3 Å². The van der Waals surface area contributed by atoms with Crippen molar-refractivity contribution in [3.8, 4) is 0 Å². The van der Waals surface area contributed by atoms with Gasteiger partial charge < -0.3 is 9.73 Å². The quantitative estimate of drug-likeness (QED) is 0.569. The summed E-state index contributed by atoms with van der Waals surface area (Å²) in [6.07, 6.45) is 1.36. The Bertz CT molecular complexity index is 1260. The highest BCUT2D eigenvalue weighted by Gasteiger charge is 2.23. The first-order valence-corrected chi connectivity index (χ1v) is 9.03. The monoisotopic (exact) mass is 391 g/mol. The number of hydrogen-bond acceptors (Lipinski definition) is 4. The predicted molar refractivity (Wildman–Crippen MR) is 108 cm³/mol. The summed E-state index contributed by atoms with van der Waals surface area (Å²) in [6, 6.07) is 13.2. The maximum Gasteiger partial charge on any atom is 0.265 e. The van der Waals surface area contributed by atoms with Gasteiger partial charge in [-0.3, -0.25) is 14.2 Å². The van der Waals surface area contributed by atoms with E-state index in [0.717, 1.165) is 11.1 Å². The molecule has 4 aromatic rings. The van der Waals surface area contributed by atoms with Gasteiger partial charge in [0, 0.05) is 5.69 Å². The molecule has 0 atom stereocenters. The van der Waals surface area contributed by atoms with Crippen molar-refractivity contribution < 1.29 is 13.6 Å². The molecule has 0 bridgehead atoms. The Morgan fingerprint density at radius 1 is 1.10 bits per heavy atom. The Labute approximate surface area is 165 Å². The van der Waals surface area contributed by atoms with E-state index in [2.05, 4.69) is 10.3 Å². The lowest BCUT2D eigenvalue weighted by Crippen LogP contribution is -2.23. The fraction of sp³-hybridized carbons (Fsp3) is 0.136. The van der Waals surface area contributed by atoms with Crippen LogP contribution in [0.25, 0.3) is 11.1 Å². The molecule has 2 aromatic carbocycles. The summed E-state index contributed by atoms with van der Waals surface area (Å²) in [6.45, 7) is 3.77. The average molecular weight is 391 g/mol. The maximum atomic E-state index is 13.1. The van der Waals surface area contributed by atoms with Crippen molar-refractivity contribution in [2.45, 2.75) is 20.4 Å². The number of nitrogens with zero attached hydrogens (tertiary/aromatic N) is 2. The Kier molecular flexibility index (Phi) is 4.72. The van der Waals surface area contributed by atoms with Crippen LogP contribution < -0.4 is 10.9 Å². The molecule has 0 saturated carbocycles. The number of anilines is 1. The van der Waals surface area contributed by atoms with E-state index in [9.17, 15) is 14.0 Å². The number of halogens is 1. The number of fused-ring (bicyclic) bond motifs is 1. The van der Waals surface area contributed by atoms with Gasteiger partial charge in [0.05, 0.1) is 12.1 Å². The van der Waals surface area contributed by atoms with E-state index in [0.29, 0.717) is 11.4 Å². The molecule has 0 spiro atoms. The van der Waals surface area contributed by atoms with Crippen LogP contribution in [-0.4, -0.2) is 15.5 Å². The molecule has 0 aliphatic rings. The van der Waals surface area contributed by atoms with Crippen LogP contribution in [0.5, 0.6) is 0 Å². The molecule has 0 saturated heterocycles. The van der Waals surface area contributed by atoms with E-state index in [1.54, 1.807) is 31.2 Å². The predicted octanol–water partition coefficient (Wildman–Crippen LogP) is 4.05. The number of hydrogen-bond donors (Lipinski definition) is 1. The maximum absolute atomic E-state index is 13.1. The highest BCUT2D eigenvalue weighted by atomic mass is 19.1. The van der Waals surface area contributed by atoms with Gasteiger partial charge in [-0.05, 0) is 43.7 Å².